The summed E-state index contributed by atoms with van der Waals surface area (Å²) >= 11 is 5.82. The lowest BCUT2D eigenvalue weighted by Crippen LogP contribution is -2.32. The van der Waals surface area contributed by atoms with Gasteiger partial charge in [-0.15, -0.1) is 0 Å². The number of Topliss-reactive ketones (excluding diaryl/α,β-unsaturated/α-hetero) is 1. The normalized spacial score (nSPS) is 13.5. The van der Waals surface area contributed by atoms with Crippen LogP contribution >= 0.6 is 11.6 Å². The summed E-state index contributed by atoms with van der Waals surface area (Å²) in [5, 5.41) is 0.576. The van der Waals surface area contributed by atoms with Crippen molar-refractivity contribution in [1.29, 1.82) is 0 Å². The zero-order valence-electron chi connectivity index (χ0n) is 13.8. The van der Waals surface area contributed by atoms with E-state index >= 15 is 0 Å². The Balaban J connectivity index is 1.58. The molecule has 0 spiro atoms. The molecule has 1 saturated carbocycles. The van der Waals surface area contributed by atoms with Gasteiger partial charge in [0.05, 0.1) is 0 Å². The number of halogens is 2. The molecule has 130 valence electrons. The van der Waals surface area contributed by atoms with Gasteiger partial charge < -0.3 is 4.90 Å². The molecule has 2 aromatic rings. The Hall–Kier alpha value is -2.20. The van der Waals surface area contributed by atoms with Crippen LogP contribution in [0.2, 0.25) is 5.02 Å². The monoisotopic (exact) mass is 359 g/mol. The van der Waals surface area contributed by atoms with Crippen LogP contribution in [0.3, 0.4) is 0 Å². The van der Waals surface area contributed by atoms with E-state index in [0.717, 1.165) is 18.4 Å². The molecule has 1 aliphatic rings. The number of benzene rings is 2. The summed E-state index contributed by atoms with van der Waals surface area (Å²) in [5.41, 5.74) is 1.46. The zero-order valence-corrected chi connectivity index (χ0v) is 14.5. The molecule has 1 amide bonds. The van der Waals surface area contributed by atoms with E-state index in [1.54, 1.807) is 36.4 Å². The highest BCUT2D eigenvalue weighted by molar-refractivity contribution is 6.30. The quantitative estimate of drug-likeness (QED) is 0.676. The average Bonchev–Trinajstić information content (AvgIpc) is 3.44. The molecule has 1 aliphatic carbocycles. The fourth-order valence-electron chi connectivity index (χ4n) is 2.74. The lowest BCUT2D eigenvalue weighted by atomic mass is 10.1. The van der Waals surface area contributed by atoms with Gasteiger partial charge in [-0.05, 0) is 54.8 Å². The van der Waals surface area contributed by atoms with Crippen molar-refractivity contribution in [2.45, 2.75) is 38.3 Å². The second-order valence-electron chi connectivity index (χ2n) is 6.31. The first-order valence-corrected chi connectivity index (χ1v) is 8.73. The number of carbonyl (C=O) groups excluding carboxylic acids is 2. The Morgan fingerprint density at radius 1 is 1.00 bits per heavy atom. The van der Waals surface area contributed by atoms with Crippen LogP contribution in [0.1, 0.15) is 41.6 Å². The molecular weight excluding hydrogens is 341 g/mol. The first-order valence-electron chi connectivity index (χ1n) is 8.35. The average molecular weight is 360 g/mol. The minimum absolute atomic E-state index is 0.0332. The molecule has 0 atom stereocenters. The van der Waals surface area contributed by atoms with Crippen molar-refractivity contribution >= 4 is 23.3 Å². The van der Waals surface area contributed by atoms with E-state index in [1.807, 2.05) is 4.90 Å². The molecule has 0 N–H and O–H groups in total. The Kier molecular flexibility index (Phi) is 5.49. The third-order valence-electron chi connectivity index (χ3n) is 4.31. The van der Waals surface area contributed by atoms with Crippen molar-refractivity contribution in [3.63, 3.8) is 0 Å². The largest absolute Gasteiger partial charge is 0.335 e. The van der Waals surface area contributed by atoms with Crippen LogP contribution in [-0.4, -0.2) is 22.6 Å². The van der Waals surface area contributed by atoms with Gasteiger partial charge >= 0.3 is 0 Å². The number of hydrogen-bond acceptors (Lipinski definition) is 2. The first-order chi connectivity index (χ1) is 12.0. The zero-order chi connectivity index (χ0) is 17.8. The molecule has 25 heavy (non-hydrogen) atoms. The molecule has 0 bridgehead atoms. The first kappa shape index (κ1) is 17.6. The Morgan fingerprint density at radius 2 is 1.64 bits per heavy atom. The molecule has 0 radical (unpaired) electrons. The number of hydrogen-bond donors (Lipinski definition) is 0. The van der Waals surface area contributed by atoms with Gasteiger partial charge in [-0.1, -0.05) is 23.7 Å². The predicted octanol–water partition coefficient (Wildman–Crippen LogP) is 4.63. The number of rotatable bonds is 7. The summed E-state index contributed by atoms with van der Waals surface area (Å²) in [4.78, 5) is 26.6. The molecule has 3 rings (SSSR count). The van der Waals surface area contributed by atoms with Crippen molar-refractivity contribution in [3.05, 3.63) is 70.5 Å². The summed E-state index contributed by atoms with van der Waals surface area (Å²) in [6.45, 7) is 0.457. The maximum Gasteiger partial charge on any atom is 0.223 e. The molecule has 5 heteroatoms. The summed E-state index contributed by atoms with van der Waals surface area (Å²) in [5.74, 6) is -0.390. The smallest absolute Gasteiger partial charge is 0.223 e. The second kappa shape index (κ2) is 7.79. The molecule has 0 unspecified atom stereocenters. The van der Waals surface area contributed by atoms with Crippen molar-refractivity contribution in [3.8, 4) is 0 Å². The fraction of sp³-hybridized carbons (Fsp3) is 0.300. The van der Waals surface area contributed by atoms with Gasteiger partial charge in [0.2, 0.25) is 5.91 Å². The van der Waals surface area contributed by atoms with Gasteiger partial charge in [-0.3, -0.25) is 9.59 Å². The lowest BCUT2D eigenvalue weighted by molar-refractivity contribution is -0.132. The van der Waals surface area contributed by atoms with Gasteiger partial charge in [0.1, 0.15) is 5.82 Å². The summed E-state index contributed by atoms with van der Waals surface area (Å²) in [6, 6.07) is 13.1. The van der Waals surface area contributed by atoms with E-state index in [2.05, 4.69) is 0 Å². The van der Waals surface area contributed by atoms with Gasteiger partial charge in [0, 0.05) is 36.0 Å². The summed E-state index contributed by atoms with van der Waals surface area (Å²) in [7, 11) is 0. The van der Waals surface area contributed by atoms with Crippen molar-refractivity contribution < 1.29 is 14.0 Å². The van der Waals surface area contributed by atoms with E-state index in [4.69, 9.17) is 11.6 Å². The fourth-order valence-corrected chi connectivity index (χ4v) is 2.86. The molecule has 2 aromatic carbocycles. The highest BCUT2D eigenvalue weighted by Crippen LogP contribution is 2.29. The van der Waals surface area contributed by atoms with Crippen LogP contribution < -0.4 is 0 Å². The van der Waals surface area contributed by atoms with E-state index in [-0.39, 0.29) is 36.4 Å². The molecular formula is C20H19ClFNO2. The van der Waals surface area contributed by atoms with Gasteiger partial charge in [-0.2, -0.15) is 0 Å². The molecule has 0 aromatic heterocycles. The molecule has 0 saturated heterocycles. The third kappa shape index (κ3) is 4.89. The minimum Gasteiger partial charge on any atom is -0.335 e. The Labute approximate surface area is 151 Å². The Morgan fingerprint density at radius 3 is 2.24 bits per heavy atom. The number of carbonyl (C=O) groups is 2. The molecule has 3 nitrogen and oxygen atoms in total. The SMILES string of the molecule is O=C(CCC(=O)N(Cc1ccc(F)cc1)C1CC1)c1ccc(Cl)cc1. The Bertz CT molecular complexity index is 754. The van der Waals surface area contributed by atoms with Crippen molar-refractivity contribution in [2.24, 2.45) is 0 Å². The van der Waals surface area contributed by atoms with Crippen LogP contribution in [-0.2, 0) is 11.3 Å². The highest BCUT2D eigenvalue weighted by Gasteiger charge is 2.32. The summed E-state index contributed by atoms with van der Waals surface area (Å²) in [6.07, 6.45) is 2.32. The van der Waals surface area contributed by atoms with E-state index < -0.39 is 0 Å². The highest BCUT2D eigenvalue weighted by atomic mass is 35.5. The van der Waals surface area contributed by atoms with Crippen molar-refractivity contribution in [1.82, 2.24) is 4.90 Å². The minimum atomic E-state index is -0.290. The van der Waals surface area contributed by atoms with Gasteiger partial charge in [0.15, 0.2) is 5.78 Å². The van der Waals surface area contributed by atoms with E-state index in [1.165, 1.54) is 12.1 Å². The van der Waals surface area contributed by atoms with E-state index in [9.17, 15) is 14.0 Å². The van der Waals surface area contributed by atoms with E-state index in [0.29, 0.717) is 17.1 Å². The van der Waals surface area contributed by atoms with Gasteiger partial charge in [0.25, 0.3) is 0 Å². The predicted molar refractivity (Wildman–Crippen MR) is 95.0 cm³/mol. The van der Waals surface area contributed by atoms with Crippen molar-refractivity contribution in [2.75, 3.05) is 0 Å². The van der Waals surface area contributed by atoms with Crippen LogP contribution in [0, 0.1) is 5.82 Å². The number of ketones is 1. The lowest BCUT2D eigenvalue weighted by Gasteiger charge is -2.22. The van der Waals surface area contributed by atoms with Crippen LogP contribution in [0.5, 0.6) is 0 Å². The third-order valence-corrected chi connectivity index (χ3v) is 4.56. The molecule has 0 aliphatic heterocycles. The van der Waals surface area contributed by atoms with Crippen LogP contribution in [0.4, 0.5) is 4.39 Å². The second-order valence-corrected chi connectivity index (χ2v) is 6.75. The standard InChI is InChI=1S/C20H19ClFNO2/c21-16-5-3-15(4-6-16)19(24)11-12-20(25)23(18-9-10-18)13-14-1-7-17(22)8-2-14/h1-8,18H,9-13H2. The maximum absolute atomic E-state index is 13.0. The number of nitrogens with zero attached hydrogens (tertiary/aromatic N) is 1. The van der Waals surface area contributed by atoms with Crippen LogP contribution in [0.15, 0.2) is 48.5 Å². The molecule has 1 fully saturated rings. The van der Waals surface area contributed by atoms with Crippen LogP contribution in [0.25, 0.3) is 0 Å². The number of amides is 1. The maximum atomic E-state index is 13.0. The topological polar surface area (TPSA) is 37.4 Å². The van der Waals surface area contributed by atoms with Gasteiger partial charge in [-0.25, -0.2) is 4.39 Å². The molecule has 0 heterocycles. The summed E-state index contributed by atoms with van der Waals surface area (Å²) < 4.78 is 13.0.